The first-order valence-corrected chi connectivity index (χ1v) is 11.1. The molecule has 0 aliphatic heterocycles. The summed E-state index contributed by atoms with van der Waals surface area (Å²) in [5, 5.41) is 1.55. The Kier molecular flexibility index (Phi) is 5.73. The van der Waals surface area contributed by atoms with E-state index in [0.717, 1.165) is 46.1 Å². The molecule has 2 heterocycles. The van der Waals surface area contributed by atoms with Crippen molar-refractivity contribution in [2.45, 2.75) is 31.0 Å². The van der Waals surface area contributed by atoms with Gasteiger partial charge in [-0.2, -0.15) is 0 Å². The molecule has 0 amide bonds. The van der Waals surface area contributed by atoms with Gasteiger partial charge in [-0.3, -0.25) is 9.36 Å². The first kappa shape index (κ1) is 19.1. The summed E-state index contributed by atoms with van der Waals surface area (Å²) in [4.78, 5) is 20.1. The molecule has 28 heavy (non-hydrogen) atoms. The van der Waals surface area contributed by atoms with E-state index in [0.29, 0.717) is 18.9 Å². The van der Waals surface area contributed by atoms with Crippen LogP contribution in [0.25, 0.3) is 10.2 Å². The number of allylic oxidation sites excluding steroid dienone is 1. The fourth-order valence-electron chi connectivity index (χ4n) is 3.42. The average Bonchev–Trinajstić information content (AvgIpc) is 3.29. The smallest absolute Gasteiger partial charge is 0.263 e. The zero-order valence-electron chi connectivity index (χ0n) is 15.8. The van der Waals surface area contributed by atoms with Crippen LogP contribution in [0.2, 0.25) is 0 Å². The van der Waals surface area contributed by atoms with Crippen molar-refractivity contribution in [1.82, 2.24) is 9.55 Å². The van der Waals surface area contributed by atoms with Crippen molar-refractivity contribution in [3.8, 4) is 11.5 Å². The number of thiophene rings is 1. The van der Waals surface area contributed by atoms with Gasteiger partial charge in [0, 0.05) is 17.2 Å². The van der Waals surface area contributed by atoms with Crippen LogP contribution in [0.3, 0.4) is 0 Å². The van der Waals surface area contributed by atoms with E-state index in [-0.39, 0.29) is 5.56 Å². The molecule has 1 aliphatic rings. The van der Waals surface area contributed by atoms with Gasteiger partial charge < -0.3 is 9.47 Å². The zero-order valence-corrected chi connectivity index (χ0v) is 17.4. The van der Waals surface area contributed by atoms with E-state index in [1.807, 2.05) is 24.3 Å². The lowest BCUT2D eigenvalue weighted by atomic mass is 10.2. The maximum absolute atomic E-state index is 13.1. The van der Waals surface area contributed by atoms with Crippen LogP contribution in [0.15, 0.2) is 46.9 Å². The van der Waals surface area contributed by atoms with Gasteiger partial charge in [-0.25, -0.2) is 4.98 Å². The molecule has 0 radical (unpaired) electrons. The third-order valence-corrected chi connectivity index (χ3v) is 6.87. The number of fused-ring (bicyclic) bond motifs is 3. The van der Waals surface area contributed by atoms with Crippen molar-refractivity contribution in [1.29, 1.82) is 0 Å². The maximum atomic E-state index is 13.1. The number of benzene rings is 1. The van der Waals surface area contributed by atoms with E-state index in [1.165, 1.54) is 10.4 Å². The molecule has 0 saturated heterocycles. The molecular weight excluding hydrogens is 392 g/mol. The second-order valence-electron chi connectivity index (χ2n) is 6.51. The number of nitrogens with zero attached hydrogens (tertiary/aromatic N) is 2. The molecule has 1 aromatic carbocycles. The van der Waals surface area contributed by atoms with Gasteiger partial charge >= 0.3 is 0 Å². The van der Waals surface area contributed by atoms with Crippen molar-refractivity contribution in [2.24, 2.45) is 0 Å². The summed E-state index contributed by atoms with van der Waals surface area (Å²) in [5.74, 6) is 2.30. The molecule has 5 nitrogen and oxygen atoms in total. The minimum atomic E-state index is 0.0582. The molecule has 146 valence electrons. The van der Waals surface area contributed by atoms with Crippen LogP contribution in [-0.4, -0.2) is 29.0 Å². The fraction of sp³-hybridized carbons (Fsp3) is 0.333. The zero-order chi connectivity index (χ0) is 19.5. The standard InChI is InChI=1S/C21H22N2O3S2/c1-3-11-23-20(24)18-16-5-4-6-17(16)28-19(18)22-21(23)27-13-12-26-15-9-7-14(25-2)8-10-15/h3,7-10H,1,4-6,11-13H2,2H3. The molecule has 1 aliphatic carbocycles. The highest BCUT2D eigenvalue weighted by atomic mass is 32.2. The van der Waals surface area contributed by atoms with Gasteiger partial charge in [0.15, 0.2) is 5.16 Å². The third-order valence-electron chi connectivity index (χ3n) is 4.74. The highest BCUT2D eigenvalue weighted by Crippen LogP contribution is 2.35. The van der Waals surface area contributed by atoms with Gasteiger partial charge in [0.1, 0.15) is 16.3 Å². The molecule has 0 spiro atoms. The number of aryl methyl sites for hydroxylation is 2. The summed E-state index contributed by atoms with van der Waals surface area (Å²) in [6, 6.07) is 7.51. The van der Waals surface area contributed by atoms with Crippen LogP contribution in [0, 0.1) is 0 Å². The summed E-state index contributed by atoms with van der Waals surface area (Å²) < 4.78 is 12.7. The lowest BCUT2D eigenvalue weighted by Gasteiger charge is -2.11. The van der Waals surface area contributed by atoms with Crippen molar-refractivity contribution in [3.05, 3.63) is 57.7 Å². The third kappa shape index (κ3) is 3.69. The SMILES string of the molecule is C=CCn1c(SCCOc2ccc(OC)cc2)nc2sc3c(c2c1=O)CCC3. The van der Waals surface area contributed by atoms with Gasteiger partial charge in [-0.1, -0.05) is 17.8 Å². The summed E-state index contributed by atoms with van der Waals surface area (Å²) in [6.45, 7) is 4.79. The summed E-state index contributed by atoms with van der Waals surface area (Å²) in [6.07, 6.45) is 4.94. The van der Waals surface area contributed by atoms with Gasteiger partial charge in [0.05, 0.1) is 19.1 Å². The van der Waals surface area contributed by atoms with Gasteiger partial charge in [0.2, 0.25) is 0 Å². The quantitative estimate of drug-likeness (QED) is 0.238. The minimum absolute atomic E-state index is 0.0582. The molecule has 7 heteroatoms. The number of ether oxygens (including phenoxy) is 2. The first-order chi connectivity index (χ1) is 13.7. The number of hydrogen-bond acceptors (Lipinski definition) is 6. The number of rotatable bonds is 8. The maximum Gasteiger partial charge on any atom is 0.263 e. The second-order valence-corrected chi connectivity index (χ2v) is 8.65. The van der Waals surface area contributed by atoms with Crippen molar-refractivity contribution in [2.75, 3.05) is 19.5 Å². The van der Waals surface area contributed by atoms with Gasteiger partial charge in [0.25, 0.3) is 5.56 Å². The van der Waals surface area contributed by atoms with Crippen LogP contribution < -0.4 is 15.0 Å². The highest BCUT2D eigenvalue weighted by Gasteiger charge is 2.23. The minimum Gasteiger partial charge on any atom is -0.497 e. The van der Waals surface area contributed by atoms with E-state index in [4.69, 9.17) is 14.5 Å². The topological polar surface area (TPSA) is 53.4 Å². The number of methoxy groups -OCH3 is 1. The van der Waals surface area contributed by atoms with Crippen LogP contribution in [0.5, 0.6) is 11.5 Å². The molecule has 0 N–H and O–H groups in total. The van der Waals surface area contributed by atoms with E-state index >= 15 is 0 Å². The Morgan fingerprint density at radius 2 is 2.07 bits per heavy atom. The monoisotopic (exact) mass is 414 g/mol. The van der Waals surface area contributed by atoms with Crippen LogP contribution in [0.1, 0.15) is 16.9 Å². The van der Waals surface area contributed by atoms with Gasteiger partial charge in [-0.15, -0.1) is 17.9 Å². The molecular formula is C21H22N2O3S2. The summed E-state index contributed by atoms with van der Waals surface area (Å²) in [7, 11) is 1.64. The molecule has 0 bridgehead atoms. The number of aromatic nitrogens is 2. The van der Waals surface area contributed by atoms with Crippen molar-refractivity contribution < 1.29 is 9.47 Å². The Hall–Kier alpha value is -2.25. The van der Waals surface area contributed by atoms with Crippen molar-refractivity contribution in [3.63, 3.8) is 0 Å². The highest BCUT2D eigenvalue weighted by molar-refractivity contribution is 7.99. The molecule has 2 aromatic heterocycles. The van der Waals surface area contributed by atoms with Crippen LogP contribution in [-0.2, 0) is 19.4 Å². The van der Waals surface area contributed by atoms with E-state index in [1.54, 1.807) is 40.9 Å². The predicted octanol–water partition coefficient (Wildman–Crippen LogP) is 4.31. The normalized spacial score (nSPS) is 12.9. The summed E-state index contributed by atoms with van der Waals surface area (Å²) in [5.41, 5.74) is 1.28. The van der Waals surface area contributed by atoms with Crippen molar-refractivity contribution >= 4 is 33.3 Å². The molecule has 0 saturated carbocycles. The Balaban J connectivity index is 1.50. The summed E-state index contributed by atoms with van der Waals surface area (Å²) >= 11 is 3.22. The first-order valence-electron chi connectivity index (χ1n) is 9.27. The Morgan fingerprint density at radius 1 is 1.29 bits per heavy atom. The molecule has 0 fully saturated rings. The predicted molar refractivity (Wildman–Crippen MR) is 115 cm³/mol. The fourth-order valence-corrected chi connectivity index (χ4v) is 5.55. The Bertz CT molecular complexity index is 1050. The van der Waals surface area contributed by atoms with Crippen LogP contribution >= 0.6 is 23.1 Å². The van der Waals surface area contributed by atoms with E-state index in [2.05, 4.69) is 6.58 Å². The average molecular weight is 415 g/mol. The molecule has 0 atom stereocenters. The molecule has 0 unspecified atom stereocenters. The molecule has 4 rings (SSSR count). The second kappa shape index (κ2) is 8.41. The van der Waals surface area contributed by atoms with Gasteiger partial charge in [-0.05, 0) is 49.1 Å². The lowest BCUT2D eigenvalue weighted by Crippen LogP contribution is -2.23. The molecule has 3 aromatic rings. The van der Waals surface area contributed by atoms with E-state index in [9.17, 15) is 4.79 Å². The Labute approximate surface area is 172 Å². The van der Waals surface area contributed by atoms with E-state index < -0.39 is 0 Å². The largest absolute Gasteiger partial charge is 0.497 e. The number of thioether (sulfide) groups is 1. The van der Waals surface area contributed by atoms with Crippen LogP contribution in [0.4, 0.5) is 0 Å². The Morgan fingerprint density at radius 3 is 2.82 bits per heavy atom. The number of hydrogen-bond donors (Lipinski definition) is 0. The lowest BCUT2D eigenvalue weighted by molar-refractivity contribution is 0.342.